The summed E-state index contributed by atoms with van der Waals surface area (Å²) < 4.78 is 0. The molecule has 0 saturated carbocycles. The average Bonchev–Trinajstić information content (AvgIpc) is 3.60. The van der Waals surface area contributed by atoms with Crippen molar-refractivity contribution in [2.24, 2.45) is 0 Å². The minimum Gasteiger partial charge on any atom is -0.0623 e. The molecule has 1 aliphatic rings. The molecule has 0 saturated heterocycles. The molecule has 1 heteroatoms. The van der Waals surface area contributed by atoms with Crippen molar-refractivity contribution in [3.05, 3.63) is 231 Å². The van der Waals surface area contributed by atoms with Crippen LogP contribution in [0.3, 0.4) is 0 Å². The van der Waals surface area contributed by atoms with Gasteiger partial charge in [-0.25, -0.2) is 0 Å². The lowest BCUT2D eigenvalue weighted by Gasteiger charge is -2.23. The van der Waals surface area contributed by atoms with E-state index in [9.17, 15) is 0 Å². The molecule has 0 unspecified atom stereocenters. The monoisotopic (exact) mass is 864 g/mol. The highest BCUT2D eigenvalue weighted by Crippen LogP contribution is 2.50. The van der Waals surface area contributed by atoms with Crippen LogP contribution in [-0.2, 0) is 0 Å². The molecule has 0 N–H and O–H groups in total. The fraction of sp³-hybridized carbons (Fsp3) is 0.0303. The summed E-state index contributed by atoms with van der Waals surface area (Å²) >= 11 is 0. The molecule has 0 bridgehead atoms. The van der Waals surface area contributed by atoms with Crippen LogP contribution < -0.4 is 10.4 Å². The van der Waals surface area contributed by atoms with Gasteiger partial charge in [-0.05, 0) is 172 Å². The van der Waals surface area contributed by atoms with Crippen LogP contribution in [0.4, 0.5) is 0 Å². The van der Waals surface area contributed by atoms with E-state index in [4.69, 9.17) is 0 Å². The Morgan fingerprint density at radius 3 is 1.07 bits per heavy atom. The SMILES string of the molecule is C[Si]1(C)c2ccccc2-c2cc3c(-c4ccc5ccccc5c4)c4ccc(-c5c6ccccc6c(-c6ccc7ccccc7c6)c6ccccc56)cc4c(-c4ccc5ccccc5c4)c3cc21. The first-order valence-electron chi connectivity index (χ1n) is 23.6. The number of hydrogen-bond acceptors (Lipinski definition) is 0. The molecule has 0 spiro atoms. The van der Waals surface area contributed by atoms with E-state index in [1.165, 1.54) is 141 Å². The lowest BCUT2D eigenvalue weighted by Crippen LogP contribution is -2.49. The highest BCUT2D eigenvalue weighted by Gasteiger charge is 2.38. The number of hydrogen-bond donors (Lipinski definition) is 0. The fourth-order valence-electron chi connectivity index (χ4n) is 12.0. The van der Waals surface area contributed by atoms with Gasteiger partial charge in [-0.3, -0.25) is 0 Å². The second kappa shape index (κ2) is 14.4. The van der Waals surface area contributed by atoms with Crippen molar-refractivity contribution in [1.82, 2.24) is 0 Å². The van der Waals surface area contributed by atoms with Crippen LogP contribution in [-0.4, -0.2) is 8.07 Å². The standard InChI is InChI=1S/C66H44Si/c1-67(2)61-26-14-13-21-51(61)57-39-59-60(40-62(57)67)66(49-32-29-43-17-5-8-20-46(43)37-49)58-38-50(33-34-56(58)65(59)48-31-28-42-16-4-7-19-45(42)36-48)64-54-24-11-9-22-52(54)63(53-23-10-12-25-55(53)64)47-30-27-41-15-3-6-18-44(41)35-47/h3-40H,1-2H3. The van der Waals surface area contributed by atoms with Gasteiger partial charge in [0.05, 0.1) is 0 Å². The molecule has 0 nitrogen and oxygen atoms in total. The molecule has 13 aromatic carbocycles. The molecule has 0 radical (unpaired) electrons. The fourth-order valence-corrected chi connectivity index (χ4v) is 15.1. The third kappa shape index (κ3) is 5.72. The Morgan fingerprint density at radius 2 is 0.567 bits per heavy atom. The Labute approximate surface area is 391 Å². The van der Waals surface area contributed by atoms with Crippen molar-refractivity contribution in [3.63, 3.8) is 0 Å². The van der Waals surface area contributed by atoms with Crippen LogP contribution in [0.1, 0.15) is 0 Å². The summed E-state index contributed by atoms with van der Waals surface area (Å²) in [5, 5.41) is 20.8. The summed E-state index contributed by atoms with van der Waals surface area (Å²) in [6.45, 7) is 5.08. The van der Waals surface area contributed by atoms with Crippen molar-refractivity contribution in [2.75, 3.05) is 0 Å². The largest absolute Gasteiger partial charge is 0.113 e. The van der Waals surface area contributed by atoms with Gasteiger partial charge in [-0.2, -0.15) is 0 Å². The van der Waals surface area contributed by atoms with E-state index in [0.29, 0.717) is 0 Å². The molecule has 13 aromatic rings. The third-order valence-electron chi connectivity index (χ3n) is 15.2. The minimum absolute atomic E-state index is 1.22. The van der Waals surface area contributed by atoms with Gasteiger partial charge in [-0.15, -0.1) is 0 Å². The van der Waals surface area contributed by atoms with Gasteiger partial charge in [0.2, 0.25) is 0 Å². The second-order valence-corrected chi connectivity index (χ2v) is 23.5. The summed E-state index contributed by atoms with van der Waals surface area (Å²) in [7, 11) is -2.04. The number of fused-ring (bicyclic) bond motifs is 10. The van der Waals surface area contributed by atoms with Crippen LogP contribution in [0.25, 0.3) is 131 Å². The maximum Gasteiger partial charge on any atom is 0.113 e. The van der Waals surface area contributed by atoms with Gasteiger partial charge in [0.25, 0.3) is 0 Å². The molecule has 0 aliphatic carbocycles. The second-order valence-electron chi connectivity index (χ2n) is 19.2. The van der Waals surface area contributed by atoms with E-state index in [-0.39, 0.29) is 0 Å². The summed E-state index contributed by atoms with van der Waals surface area (Å²) in [5.41, 5.74) is 12.9. The molecule has 0 atom stereocenters. The smallest absolute Gasteiger partial charge is 0.0623 e. The van der Waals surface area contributed by atoms with Gasteiger partial charge in [0, 0.05) is 0 Å². The molecule has 312 valence electrons. The lowest BCUT2D eigenvalue weighted by atomic mass is 9.82. The Kier molecular flexibility index (Phi) is 8.24. The average molecular weight is 865 g/mol. The number of rotatable bonds is 4. The molecule has 1 heterocycles. The maximum atomic E-state index is 2.63. The lowest BCUT2D eigenvalue weighted by molar-refractivity contribution is 1.66. The quantitative estimate of drug-likeness (QED) is 0.122. The van der Waals surface area contributed by atoms with Gasteiger partial charge in [0.1, 0.15) is 8.07 Å². The van der Waals surface area contributed by atoms with Crippen LogP contribution in [0.15, 0.2) is 231 Å². The van der Waals surface area contributed by atoms with Crippen molar-refractivity contribution >= 4 is 93.9 Å². The van der Waals surface area contributed by atoms with E-state index in [1.807, 2.05) is 0 Å². The van der Waals surface area contributed by atoms with Crippen molar-refractivity contribution < 1.29 is 0 Å². The van der Waals surface area contributed by atoms with Gasteiger partial charge in [0.15, 0.2) is 0 Å². The summed E-state index contributed by atoms with van der Waals surface area (Å²) in [6, 6.07) is 87.4. The highest BCUT2D eigenvalue weighted by atomic mass is 28.3. The Balaban J connectivity index is 1.13. The molecular formula is C66H44Si. The Morgan fingerprint density at radius 1 is 0.224 bits per heavy atom. The molecular weight excluding hydrogens is 821 g/mol. The van der Waals surface area contributed by atoms with Gasteiger partial charge in [-0.1, -0.05) is 213 Å². The Bertz CT molecular complexity index is 4190. The topological polar surface area (TPSA) is 0 Å². The third-order valence-corrected chi connectivity index (χ3v) is 18.7. The molecule has 67 heavy (non-hydrogen) atoms. The van der Waals surface area contributed by atoms with Crippen molar-refractivity contribution in [3.8, 4) is 55.6 Å². The van der Waals surface area contributed by atoms with E-state index in [2.05, 4.69) is 244 Å². The first-order chi connectivity index (χ1) is 33.0. The van der Waals surface area contributed by atoms with Crippen molar-refractivity contribution in [1.29, 1.82) is 0 Å². The van der Waals surface area contributed by atoms with Gasteiger partial charge >= 0.3 is 0 Å². The molecule has 0 aromatic heterocycles. The van der Waals surface area contributed by atoms with Crippen molar-refractivity contribution in [2.45, 2.75) is 13.1 Å². The first kappa shape index (κ1) is 38.2. The zero-order valence-corrected chi connectivity index (χ0v) is 38.4. The van der Waals surface area contributed by atoms with E-state index >= 15 is 0 Å². The van der Waals surface area contributed by atoms with E-state index in [0.717, 1.165) is 0 Å². The van der Waals surface area contributed by atoms with E-state index in [1.54, 1.807) is 0 Å². The molecule has 0 fully saturated rings. The first-order valence-corrected chi connectivity index (χ1v) is 26.6. The van der Waals surface area contributed by atoms with Crippen LogP contribution >= 0.6 is 0 Å². The predicted octanol–water partition coefficient (Wildman–Crippen LogP) is 17.2. The van der Waals surface area contributed by atoms with E-state index < -0.39 is 8.07 Å². The van der Waals surface area contributed by atoms with Gasteiger partial charge < -0.3 is 0 Å². The van der Waals surface area contributed by atoms with Crippen LogP contribution in [0.2, 0.25) is 13.1 Å². The highest BCUT2D eigenvalue weighted by molar-refractivity contribution is 7.04. The number of benzene rings is 13. The molecule has 0 amide bonds. The minimum atomic E-state index is -2.04. The summed E-state index contributed by atoms with van der Waals surface area (Å²) in [4.78, 5) is 0. The maximum absolute atomic E-state index is 2.63. The molecule has 1 aliphatic heterocycles. The summed E-state index contributed by atoms with van der Waals surface area (Å²) in [5.74, 6) is 0. The van der Waals surface area contributed by atoms with Crippen LogP contribution in [0, 0.1) is 0 Å². The predicted molar refractivity (Wildman–Crippen MR) is 293 cm³/mol. The summed E-state index contributed by atoms with van der Waals surface area (Å²) in [6.07, 6.45) is 0. The zero-order valence-electron chi connectivity index (χ0n) is 37.4. The Hall–Kier alpha value is -8.10. The molecule has 14 rings (SSSR count). The zero-order chi connectivity index (χ0) is 44.4. The van der Waals surface area contributed by atoms with Crippen LogP contribution in [0.5, 0.6) is 0 Å². The normalized spacial score (nSPS) is 13.0.